The Morgan fingerprint density at radius 2 is 2.31 bits per heavy atom. The standard InChI is InChI=1S/C9H10N2O2/c12-5-8-3-11-9(4-10-8)13-6-7-1-2-7/h3-5,7H,1-2,6H2. The van der Waals surface area contributed by atoms with Gasteiger partial charge in [-0.1, -0.05) is 0 Å². The molecule has 2 rings (SSSR count). The van der Waals surface area contributed by atoms with Crippen molar-refractivity contribution in [2.75, 3.05) is 6.61 Å². The maximum absolute atomic E-state index is 10.3. The number of aromatic nitrogens is 2. The number of carbonyl (C=O) groups is 1. The van der Waals surface area contributed by atoms with E-state index in [1.807, 2.05) is 0 Å². The van der Waals surface area contributed by atoms with Crippen molar-refractivity contribution in [3.8, 4) is 5.88 Å². The molecule has 1 aliphatic rings. The van der Waals surface area contributed by atoms with Crippen molar-refractivity contribution in [2.24, 2.45) is 5.92 Å². The van der Waals surface area contributed by atoms with Crippen LogP contribution in [0.1, 0.15) is 23.3 Å². The highest BCUT2D eigenvalue weighted by atomic mass is 16.5. The molecular weight excluding hydrogens is 168 g/mol. The molecule has 1 aromatic rings. The third-order valence-corrected chi connectivity index (χ3v) is 1.93. The van der Waals surface area contributed by atoms with Crippen molar-refractivity contribution < 1.29 is 9.53 Å². The average Bonchev–Trinajstić information content (AvgIpc) is 2.99. The molecule has 1 aromatic heterocycles. The van der Waals surface area contributed by atoms with Gasteiger partial charge in [-0.05, 0) is 18.8 Å². The predicted molar refractivity (Wildman–Crippen MR) is 45.6 cm³/mol. The van der Waals surface area contributed by atoms with Gasteiger partial charge in [0.2, 0.25) is 5.88 Å². The molecule has 4 nitrogen and oxygen atoms in total. The van der Waals surface area contributed by atoms with Gasteiger partial charge in [-0.3, -0.25) is 4.79 Å². The normalized spacial score (nSPS) is 15.4. The Bertz CT molecular complexity index is 293. The number of hydrogen-bond acceptors (Lipinski definition) is 4. The molecule has 0 saturated heterocycles. The summed E-state index contributed by atoms with van der Waals surface area (Å²) in [7, 11) is 0. The predicted octanol–water partition coefficient (Wildman–Crippen LogP) is 1.08. The maximum Gasteiger partial charge on any atom is 0.232 e. The summed E-state index contributed by atoms with van der Waals surface area (Å²) in [6.45, 7) is 0.717. The van der Waals surface area contributed by atoms with Crippen molar-refractivity contribution in [2.45, 2.75) is 12.8 Å². The Morgan fingerprint density at radius 1 is 1.46 bits per heavy atom. The molecule has 0 N–H and O–H groups in total. The molecule has 1 heterocycles. The van der Waals surface area contributed by atoms with E-state index in [1.54, 1.807) is 0 Å². The number of carbonyl (C=O) groups excluding carboxylic acids is 1. The molecule has 0 aliphatic heterocycles. The molecule has 0 amide bonds. The summed E-state index contributed by atoms with van der Waals surface area (Å²) >= 11 is 0. The molecule has 0 bridgehead atoms. The number of hydrogen-bond donors (Lipinski definition) is 0. The lowest BCUT2D eigenvalue weighted by atomic mass is 10.5. The van der Waals surface area contributed by atoms with Gasteiger partial charge in [0.05, 0.1) is 19.0 Å². The van der Waals surface area contributed by atoms with Crippen LogP contribution < -0.4 is 4.74 Å². The van der Waals surface area contributed by atoms with Crippen LogP contribution in [0.15, 0.2) is 12.4 Å². The molecule has 4 heteroatoms. The highest BCUT2D eigenvalue weighted by molar-refractivity contribution is 5.70. The third-order valence-electron chi connectivity index (χ3n) is 1.93. The van der Waals surface area contributed by atoms with E-state index in [0.717, 1.165) is 6.61 Å². The van der Waals surface area contributed by atoms with Gasteiger partial charge in [0.1, 0.15) is 5.69 Å². The van der Waals surface area contributed by atoms with Crippen LogP contribution >= 0.6 is 0 Å². The van der Waals surface area contributed by atoms with Crippen LogP contribution in [0.2, 0.25) is 0 Å². The van der Waals surface area contributed by atoms with Gasteiger partial charge >= 0.3 is 0 Å². The second-order valence-corrected chi connectivity index (χ2v) is 3.15. The van der Waals surface area contributed by atoms with E-state index in [1.165, 1.54) is 25.2 Å². The highest BCUT2D eigenvalue weighted by Crippen LogP contribution is 2.28. The van der Waals surface area contributed by atoms with E-state index in [2.05, 4.69) is 9.97 Å². The minimum atomic E-state index is 0.332. The highest BCUT2D eigenvalue weighted by Gasteiger charge is 2.22. The molecule has 0 unspecified atom stereocenters. The van der Waals surface area contributed by atoms with E-state index in [0.29, 0.717) is 23.8 Å². The first kappa shape index (κ1) is 8.16. The van der Waals surface area contributed by atoms with Gasteiger partial charge < -0.3 is 4.74 Å². The van der Waals surface area contributed by atoms with Crippen molar-refractivity contribution >= 4 is 6.29 Å². The van der Waals surface area contributed by atoms with Crippen molar-refractivity contribution in [3.05, 3.63) is 18.1 Å². The van der Waals surface area contributed by atoms with Crippen molar-refractivity contribution in [1.82, 2.24) is 9.97 Å². The fraction of sp³-hybridized carbons (Fsp3) is 0.444. The molecule has 68 valence electrons. The zero-order chi connectivity index (χ0) is 9.10. The zero-order valence-corrected chi connectivity index (χ0v) is 7.14. The molecule has 0 radical (unpaired) electrons. The first-order valence-electron chi connectivity index (χ1n) is 4.28. The molecule has 1 saturated carbocycles. The van der Waals surface area contributed by atoms with Crippen LogP contribution in [0.4, 0.5) is 0 Å². The molecule has 1 fully saturated rings. The Morgan fingerprint density at radius 3 is 2.85 bits per heavy atom. The Balaban J connectivity index is 1.91. The van der Waals surface area contributed by atoms with Crippen LogP contribution in [0.3, 0.4) is 0 Å². The lowest BCUT2D eigenvalue weighted by molar-refractivity contribution is 0.111. The molecule has 0 spiro atoms. The number of nitrogens with zero attached hydrogens (tertiary/aromatic N) is 2. The van der Waals surface area contributed by atoms with Crippen LogP contribution in [0.5, 0.6) is 5.88 Å². The van der Waals surface area contributed by atoms with Crippen LogP contribution in [0.25, 0.3) is 0 Å². The fourth-order valence-electron chi connectivity index (χ4n) is 0.949. The summed E-state index contributed by atoms with van der Waals surface area (Å²) in [6, 6.07) is 0. The summed E-state index contributed by atoms with van der Waals surface area (Å²) in [6.07, 6.45) is 6.05. The number of aldehydes is 1. The molecule has 1 aliphatic carbocycles. The van der Waals surface area contributed by atoms with E-state index in [-0.39, 0.29) is 0 Å². The molecule has 13 heavy (non-hydrogen) atoms. The fourth-order valence-corrected chi connectivity index (χ4v) is 0.949. The number of ether oxygens (including phenoxy) is 1. The minimum Gasteiger partial charge on any atom is -0.476 e. The first-order valence-corrected chi connectivity index (χ1v) is 4.28. The molecule has 0 atom stereocenters. The van der Waals surface area contributed by atoms with E-state index >= 15 is 0 Å². The lowest BCUT2D eigenvalue weighted by Crippen LogP contribution is -2.01. The zero-order valence-electron chi connectivity index (χ0n) is 7.14. The van der Waals surface area contributed by atoms with Crippen molar-refractivity contribution in [1.29, 1.82) is 0 Å². The monoisotopic (exact) mass is 178 g/mol. The summed E-state index contributed by atoms with van der Waals surface area (Å²) in [4.78, 5) is 18.0. The van der Waals surface area contributed by atoms with E-state index < -0.39 is 0 Å². The summed E-state index contributed by atoms with van der Waals surface area (Å²) < 4.78 is 5.34. The topological polar surface area (TPSA) is 52.1 Å². The van der Waals surface area contributed by atoms with Gasteiger partial charge in [-0.15, -0.1) is 0 Å². The summed E-state index contributed by atoms with van der Waals surface area (Å²) in [5.41, 5.74) is 0.332. The van der Waals surface area contributed by atoms with E-state index in [9.17, 15) is 4.79 Å². The van der Waals surface area contributed by atoms with Crippen molar-refractivity contribution in [3.63, 3.8) is 0 Å². The van der Waals surface area contributed by atoms with Gasteiger partial charge in [-0.25, -0.2) is 9.97 Å². The summed E-state index contributed by atoms with van der Waals surface area (Å²) in [5.74, 6) is 1.20. The smallest absolute Gasteiger partial charge is 0.232 e. The Hall–Kier alpha value is -1.45. The number of rotatable bonds is 4. The third kappa shape index (κ3) is 2.24. The lowest BCUT2D eigenvalue weighted by Gasteiger charge is -2.01. The van der Waals surface area contributed by atoms with Crippen LogP contribution in [-0.2, 0) is 0 Å². The maximum atomic E-state index is 10.3. The van der Waals surface area contributed by atoms with Crippen LogP contribution in [-0.4, -0.2) is 22.9 Å². The van der Waals surface area contributed by atoms with Gasteiger partial charge in [0.25, 0.3) is 0 Å². The van der Waals surface area contributed by atoms with Gasteiger partial charge in [-0.2, -0.15) is 0 Å². The minimum absolute atomic E-state index is 0.332. The second-order valence-electron chi connectivity index (χ2n) is 3.15. The van der Waals surface area contributed by atoms with Gasteiger partial charge in [0.15, 0.2) is 6.29 Å². The quantitative estimate of drug-likeness (QED) is 0.647. The van der Waals surface area contributed by atoms with E-state index in [4.69, 9.17) is 4.74 Å². The largest absolute Gasteiger partial charge is 0.476 e. The molecule has 0 aromatic carbocycles. The summed E-state index contributed by atoms with van der Waals surface area (Å²) in [5, 5.41) is 0. The Labute approximate surface area is 76.0 Å². The van der Waals surface area contributed by atoms with Gasteiger partial charge in [0, 0.05) is 0 Å². The Kier molecular flexibility index (Phi) is 2.21. The second kappa shape index (κ2) is 3.51. The SMILES string of the molecule is O=Cc1cnc(OCC2CC2)cn1. The molecular formula is C9H10N2O2. The average molecular weight is 178 g/mol. The van der Waals surface area contributed by atoms with Crippen LogP contribution in [0, 0.1) is 5.92 Å². The first-order chi connectivity index (χ1) is 6.38.